The lowest BCUT2D eigenvalue weighted by Gasteiger charge is -2.10. The van der Waals surface area contributed by atoms with Gasteiger partial charge in [-0.2, -0.15) is 0 Å². The highest BCUT2D eigenvalue weighted by atomic mass is 16.4. The standard InChI is InChI=1S/C14H16BNO2/c1-11-7-8-13(9-14(11)15(17)18)16-10-12-5-3-2-4-6-12/h2-9,16-18H,10H2,1H3. The molecule has 0 heterocycles. The van der Waals surface area contributed by atoms with Crippen LogP contribution >= 0.6 is 0 Å². The third-order valence-corrected chi connectivity index (χ3v) is 2.90. The van der Waals surface area contributed by atoms with Crippen LogP contribution in [-0.4, -0.2) is 17.2 Å². The molecule has 0 unspecified atom stereocenters. The fraction of sp³-hybridized carbons (Fsp3) is 0.143. The molecule has 4 heteroatoms. The van der Waals surface area contributed by atoms with E-state index in [1.165, 1.54) is 5.56 Å². The molecule has 0 atom stereocenters. The summed E-state index contributed by atoms with van der Waals surface area (Å²) in [6.45, 7) is 2.57. The summed E-state index contributed by atoms with van der Waals surface area (Å²) in [6, 6.07) is 15.6. The van der Waals surface area contributed by atoms with E-state index in [0.29, 0.717) is 12.0 Å². The summed E-state index contributed by atoms with van der Waals surface area (Å²) >= 11 is 0. The van der Waals surface area contributed by atoms with Gasteiger partial charge in [0.1, 0.15) is 0 Å². The van der Waals surface area contributed by atoms with E-state index in [-0.39, 0.29) is 0 Å². The van der Waals surface area contributed by atoms with Crippen LogP contribution in [0.1, 0.15) is 11.1 Å². The maximum Gasteiger partial charge on any atom is 0.488 e. The van der Waals surface area contributed by atoms with Crippen LogP contribution in [0.25, 0.3) is 0 Å². The number of nitrogens with one attached hydrogen (secondary N) is 1. The highest BCUT2D eigenvalue weighted by molar-refractivity contribution is 6.59. The van der Waals surface area contributed by atoms with Crippen molar-refractivity contribution in [3.8, 4) is 0 Å². The minimum Gasteiger partial charge on any atom is -0.423 e. The molecule has 0 aliphatic heterocycles. The molecule has 0 fully saturated rings. The monoisotopic (exact) mass is 241 g/mol. The van der Waals surface area contributed by atoms with Crippen molar-refractivity contribution in [1.82, 2.24) is 0 Å². The quantitative estimate of drug-likeness (QED) is 0.707. The molecular weight excluding hydrogens is 225 g/mol. The molecule has 0 aliphatic rings. The molecule has 2 aromatic rings. The summed E-state index contributed by atoms with van der Waals surface area (Å²) in [5, 5.41) is 21.7. The van der Waals surface area contributed by atoms with Crippen molar-refractivity contribution in [3.05, 3.63) is 59.7 Å². The fourth-order valence-corrected chi connectivity index (χ4v) is 1.83. The van der Waals surface area contributed by atoms with Crippen LogP contribution < -0.4 is 10.8 Å². The molecule has 2 rings (SSSR count). The SMILES string of the molecule is Cc1ccc(NCc2ccccc2)cc1B(O)O. The minimum atomic E-state index is -1.43. The first kappa shape index (κ1) is 12.7. The van der Waals surface area contributed by atoms with Crippen molar-refractivity contribution < 1.29 is 10.0 Å². The molecule has 0 bridgehead atoms. The van der Waals surface area contributed by atoms with Crippen molar-refractivity contribution >= 4 is 18.3 Å². The maximum absolute atomic E-state index is 9.24. The number of hydrogen-bond donors (Lipinski definition) is 3. The summed E-state index contributed by atoms with van der Waals surface area (Å²) in [4.78, 5) is 0. The van der Waals surface area contributed by atoms with Crippen LogP contribution in [0.5, 0.6) is 0 Å². The summed E-state index contributed by atoms with van der Waals surface area (Å²) in [5.74, 6) is 0. The molecule has 0 saturated carbocycles. The number of benzene rings is 2. The first-order valence-corrected chi connectivity index (χ1v) is 5.91. The van der Waals surface area contributed by atoms with Gasteiger partial charge in [-0.05, 0) is 30.1 Å². The molecular formula is C14H16BNO2. The fourth-order valence-electron chi connectivity index (χ4n) is 1.83. The lowest BCUT2D eigenvalue weighted by atomic mass is 9.77. The van der Waals surface area contributed by atoms with Crippen molar-refractivity contribution in [2.45, 2.75) is 13.5 Å². The molecule has 0 radical (unpaired) electrons. The van der Waals surface area contributed by atoms with Crippen molar-refractivity contribution in [2.24, 2.45) is 0 Å². The average Bonchev–Trinajstić information content (AvgIpc) is 2.38. The Bertz CT molecular complexity index is 514. The van der Waals surface area contributed by atoms with E-state index in [9.17, 15) is 10.0 Å². The van der Waals surface area contributed by atoms with Gasteiger partial charge < -0.3 is 15.4 Å². The van der Waals surface area contributed by atoms with Gasteiger partial charge in [0.25, 0.3) is 0 Å². The van der Waals surface area contributed by atoms with E-state index in [1.54, 1.807) is 6.07 Å². The van der Waals surface area contributed by atoms with Crippen LogP contribution in [0.2, 0.25) is 0 Å². The Balaban J connectivity index is 2.08. The largest absolute Gasteiger partial charge is 0.488 e. The second kappa shape index (κ2) is 5.71. The predicted octanol–water partition coefficient (Wildman–Crippen LogP) is 1.29. The summed E-state index contributed by atoms with van der Waals surface area (Å²) in [5.41, 5.74) is 3.47. The van der Waals surface area contributed by atoms with Gasteiger partial charge in [0.15, 0.2) is 0 Å². The second-order valence-corrected chi connectivity index (χ2v) is 4.28. The molecule has 3 nitrogen and oxygen atoms in total. The number of rotatable bonds is 4. The summed E-state index contributed by atoms with van der Waals surface area (Å²) in [7, 11) is -1.43. The smallest absolute Gasteiger partial charge is 0.423 e. The van der Waals surface area contributed by atoms with E-state index in [2.05, 4.69) is 5.32 Å². The minimum absolute atomic E-state index is 0.535. The topological polar surface area (TPSA) is 52.5 Å². The lowest BCUT2D eigenvalue weighted by molar-refractivity contribution is 0.425. The first-order valence-electron chi connectivity index (χ1n) is 5.91. The normalized spacial score (nSPS) is 10.2. The molecule has 0 aromatic heterocycles. The van der Waals surface area contributed by atoms with Crippen LogP contribution in [0, 0.1) is 6.92 Å². The number of aryl methyl sites for hydroxylation is 1. The Morgan fingerprint density at radius 1 is 1.06 bits per heavy atom. The zero-order valence-corrected chi connectivity index (χ0v) is 10.3. The van der Waals surface area contributed by atoms with E-state index >= 15 is 0 Å². The van der Waals surface area contributed by atoms with Gasteiger partial charge in [-0.1, -0.05) is 42.0 Å². The Kier molecular flexibility index (Phi) is 4.02. The molecule has 0 saturated heterocycles. The van der Waals surface area contributed by atoms with E-state index in [0.717, 1.165) is 11.3 Å². The van der Waals surface area contributed by atoms with Gasteiger partial charge >= 0.3 is 7.12 Å². The summed E-state index contributed by atoms with van der Waals surface area (Å²) in [6.07, 6.45) is 0. The van der Waals surface area contributed by atoms with Gasteiger partial charge in [-0.15, -0.1) is 0 Å². The average molecular weight is 241 g/mol. The number of anilines is 1. The molecule has 92 valence electrons. The maximum atomic E-state index is 9.24. The van der Waals surface area contributed by atoms with Crippen LogP contribution in [0.4, 0.5) is 5.69 Å². The molecule has 3 N–H and O–H groups in total. The Labute approximate surface area is 107 Å². The van der Waals surface area contributed by atoms with Crippen molar-refractivity contribution in [3.63, 3.8) is 0 Å². The second-order valence-electron chi connectivity index (χ2n) is 4.28. The Morgan fingerprint density at radius 2 is 1.78 bits per heavy atom. The molecule has 0 spiro atoms. The van der Waals surface area contributed by atoms with E-state index < -0.39 is 7.12 Å². The Morgan fingerprint density at radius 3 is 2.44 bits per heavy atom. The van der Waals surface area contributed by atoms with Crippen LogP contribution in [-0.2, 0) is 6.54 Å². The van der Waals surface area contributed by atoms with Crippen molar-refractivity contribution in [1.29, 1.82) is 0 Å². The molecule has 18 heavy (non-hydrogen) atoms. The number of hydrogen-bond acceptors (Lipinski definition) is 3. The van der Waals surface area contributed by atoms with Gasteiger partial charge in [0.05, 0.1) is 0 Å². The van der Waals surface area contributed by atoms with Gasteiger partial charge in [-0.3, -0.25) is 0 Å². The summed E-state index contributed by atoms with van der Waals surface area (Å²) < 4.78 is 0. The lowest BCUT2D eigenvalue weighted by Crippen LogP contribution is -2.32. The van der Waals surface area contributed by atoms with Crippen molar-refractivity contribution in [2.75, 3.05) is 5.32 Å². The van der Waals surface area contributed by atoms with Crippen LogP contribution in [0.3, 0.4) is 0 Å². The first-order chi connectivity index (χ1) is 8.66. The van der Waals surface area contributed by atoms with Gasteiger partial charge in [-0.25, -0.2) is 0 Å². The highest BCUT2D eigenvalue weighted by Gasteiger charge is 2.14. The van der Waals surface area contributed by atoms with Gasteiger partial charge in [0.2, 0.25) is 0 Å². The molecule has 0 amide bonds. The highest BCUT2D eigenvalue weighted by Crippen LogP contribution is 2.09. The van der Waals surface area contributed by atoms with E-state index in [4.69, 9.17) is 0 Å². The third kappa shape index (κ3) is 3.12. The Hall–Kier alpha value is -1.78. The predicted molar refractivity (Wildman–Crippen MR) is 74.8 cm³/mol. The third-order valence-electron chi connectivity index (χ3n) is 2.90. The molecule has 2 aromatic carbocycles. The van der Waals surface area contributed by atoms with Gasteiger partial charge in [0, 0.05) is 12.2 Å². The zero-order valence-electron chi connectivity index (χ0n) is 10.3. The van der Waals surface area contributed by atoms with E-state index in [1.807, 2.05) is 49.4 Å². The zero-order chi connectivity index (χ0) is 13.0. The molecule has 0 aliphatic carbocycles. The van der Waals surface area contributed by atoms with Crippen LogP contribution in [0.15, 0.2) is 48.5 Å².